The van der Waals surface area contributed by atoms with Crippen LogP contribution in [-0.4, -0.2) is 15.9 Å². The molecule has 9 heteroatoms. The molecule has 20 heavy (non-hydrogen) atoms. The van der Waals surface area contributed by atoms with Crippen molar-refractivity contribution >= 4 is 33.5 Å². The summed E-state index contributed by atoms with van der Waals surface area (Å²) < 4.78 is 0.908. The first-order valence-electron chi connectivity index (χ1n) is 4.84. The molecule has 92 valence electrons. The summed E-state index contributed by atoms with van der Waals surface area (Å²) >= 11 is 3.29. The van der Waals surface area contributed by atoms with E-state index in [1.807, 2.05) is 0 Å². The molecule has 0 saturated carbocycles. The SMILES string of the molecule is O=C([O-])c1cnc(Nc2ccc(Br)cc2)nc1[O-].[Na+].[Na+]. The van der Waals surface area contributed by atoms with Crippen LogP contribution in [0.5, 0.6) is 5.88 Å². The minimum absolute atomic E-state index is 0. The fourth-order valence-electron chi connectivity index (χ4n) is 1.23. The van der Waals surface area contributed by atoms with Gasteiger partial charge in [0, 0.05) is 27.8 Å². The van der Waals surface area contributed by atoms with E-state index in [1.54, 1.807) is 24.3 Å². The summed E-state index contributed by atoms with van der Waals surface area (Å²) in [5, 5.41) is 24.6. The molecule has 0 aliphatic carbocycles. The second-order valence-electron chi connectivity index (χ2n) is 3.33. The third-order valence-electron chi connectivity index (χ3n) is 2.07. The zero-order valence-corrected chi connectivity index (χ0v) is 16.5. The second-order valence-corrected chi connectivity index (χ2v) is 4.25. The molecular weight excluding hydrogens is 348 g/mol. The average Bonchev–Trinajstić information content (AvgIpc) is 2.32. The second kappa shape index (κ2) is 8.99. The van der Waals surface area contributed by atoms with Gasteiger partial charge in [-0.2, -0.15) is 0 Å². The Balaban J connectivity index is 0.00000180. The molecule has 0 saturated heterocycles. The number of hydrogen-bond acceptors (Lipinski definition) is 6. The van der Waals surface area contributed by atoms with Gasteiger partial charge in [0.1, 0.15) is 0 Å². The van der Waals surface area contributed by atoms with Crippen molar-refractivity contribution < 1.29 is 74.1 Å². The maximum atomic E-state index is 11.3. The van der Waals surface area contributed by atoms with Crippen molar-refractivity contribution in [3.05, 3.63) is 40.5 Å². The number of benzene rings is 1. The van der Waals surface area contributed by atoms with E-state index in [2.05, 4.69) is 31.2 Å². The molecule has 6 nitrogen and oxygen atoms in total. The minimum Gasteiger partial charge on any atom is -0.858 e. The van der Waals surface area contributed by atoms with Crippen LogP contribution in [0.15, 0.2) is 34.9 Å². The number of rotatable bonds is 3. The molecule has 2 rings (SSSR count). The predicted octanol–water partition coefficient (Wildman–Crippen LogP) is -5.57. The van der Waals surface area contributed by atoms with Crippen LogP contribution in [-0.2, 0) is 0 Å². The van der Waals surface area contributed by atoms with Crippen LogP contribution in [0, 0.1) is 0 Å². The Morgan fingerprint density at radius 2 is 1.80 bits per heavy atom. The third kappa shape index (κ3) is 5.33. The molecule has 0 aliphatic heterocycles. The van der Waals surface area contributed by atoms with Crippen LogP contribution in [0.25, 0.3) is 0 Å². The number of nitrogens with zero attached hydrogens (tertiary/aromatic N) is 2. The fourth-order valence-corrected chi connectivity index (χ4v) is 1.49. The number of carbonyl (C=O) groups excluding carboxylic acids is 1. The van der Waals surface area contributed by atoms with Crippen LogP contribution < -0.4 is 74.6 Å². The number of aromatic carboxylic acids is 1. The van der Waals surface area contributed by atoms with Gasteiger partial charge < -0.3 is 20.3 Å². The predicted molar refractivity (Wildman–Crippen MR) is 63.2 cm³/mol. The molecule has 0 bridgehead atoms. The molecule has 0 unspecified atom stereocenters. The first kappa shape index (κ1) is 19.9. The van der Waals surface area contributed by atoms with E-state index in [-0.39, 0.29) is 65.1 Å². The minimum atomic E-state index is -1.59. The Morgan fingerprint density at radius 3 is 2.30 bits per heavy atom. The van der Waals surface area contributed by atoms with Crippen molar-refractivity contribution in [2.75, 3.05) is 5.32 Å². The number of carbonyl (C=O) groups is 1. The Morgan fingerprint density at radius 1 is 1.20 bits per heavy atom. The van der Waals surface area contributed by atoms with E-state index in [1.165, 1.54) is 0 Å². The van der Waals surface area contributed by atoms with Crippen LogP contribution in [0.2, 0.25) is 0 Å². The Kier molecular flexibility index (Phi) is 8.92. The van der Waals surface area contributed by atoms with Crippen molar-refractivity contribution in [2.24, 2.45) is 0 Å². The van der Waals surface area contributed by atoms with E-state index < -0.39 is 17.4 Å². The zero-order valence-electron chi connectivity index (χ0n) is 10.9. The summed E-state index contributed by atoms with van der Waals surface area (Å²) in [7, 11) is 0. The molecule has 1 aromatic heterocycles. The molecule has 0 fully saturated rings. The van der Waals surface area contributed by atoms with Crippen LogP contribution in [0.3, 0.4) is 0 Å². The summed E-state index contributed by atoms with van der Waals surface area (Å²) in [6, 6.07) is 7.11. The van der Waals surface area contributed by atoms with E-state index in [0.717, 1.165) is 10.7 Å². The van der Waals surface area contributed by atoms with E-state index >= 15 is 0 Å². The molecule has 1 aromatic carbocycles. The van der Waals surface area contributed by atoms with Crippen molar-refractivity contribution in [1.82, 2.24) is 9.97 Å². The van der Waals surface area contributed by atoms with E-state index in [4.69, 9.17) is 0 Å². The number of carboxylic acids is 1. The molecule has 0 spiro atoms. The summed E-state index contributed by atoms with van der Waals surface area (Å²) in [5.41, 5.74) is 0.121. The van der Waals surface area contributed by atoms with Crippen molar-refractivity contribution in [3.8, 4) is 5.88 Å². The number of carboxylic acid groups (broad SMARTS) is 1. The number of hydrogen-bond donors (Lipinski definition) is 1. The van der Waals surface area contributed by atoms with Gasteiger partial charge in [-0.25, -0.2) is 9.97 Å². The van der Waals surface area contributed by atoms with Gasteiger partial charge >= 0.3 is 59.1 Å². The molecule has 0 aliphatic rings. The number of halogens is 1. The van der Waals surface area contributed by atoms with Crippen molar-refractivity contribution in [3.63, 3.8) is 0 Å². The number of nitrogens with one attached hydrogen (secondary N) is 1. The van der Waals surface area contributed by atoms with Gasteiger partial charge in [0.05, 0.1) is 5.97 Å². The first-order valence-corrected chi connectivity index (χ1v) is 5.63. The van der Waals surface area contributed by atoms with Crippen LogP contribution in [0.1, 0.15) is 10.4 Å². The monoisotopic (exact) mass is 353 g/mol. The van der Waals surface area contributed by atoms with Gasteiger partial charge in [-0.05, 0) is 24.3 Å². The Labute approximate surface area is 167 Å². The maximum absolute atomic E-state index is 11.3. The largest absolute Gasteiger partial charge is 1.00 e. The zero-order chi connectivity index (χ0) is 13.1. The Hall–Kier alpha value is -0.150. The summed E-state index contributed by atoms with van der Waals surface area (Å²) in [6.45, 7) is 0. The molecule has 1 heterocycles. The molecule has 1 N–H and O–H groups in total. The standard InChI is InChI=1S/C11H8BrN3O3.2Na/c12-6-1-3-7(4-2-6)14-11-13-5-8(10(17)18)9(16)15-11;;/h1-5H,(H,17,18)(H2,13,14,15,16);;/q;2*+1/p-2. The number of aromatic nitrogens is 2. The van der Waals surface area contributed by atoms with E-state index in [9.17, 15) is 15.0 Å². The molecule has 0 amide bonds. The molecule has 0 atom stereocenters. The molecule has 0 radical (unpaired) electrons. The summed E-state index contributed by atoms with van der Waals surface area (Å²) in [4.78, 5) is 17.7. The number of anilines is 2. The van der Waals surface area contributed by atoms with Gasteiger partial charge in [0.2, 0.25) is 5.95 Å². The fraction of sp³-hybridized carbons (Fsp3) is 0. The van der Waals surface area contributed by atoms with Gasteiger partial charge in [-0.1, -0.05) is 15.9 Å². The summed E-state index contributed by atoms with van der Waals surface area (Å²) in [6.07, 6.45) is 0.922. The van der Waals surface area contributed by atoms with Crippen molar-refractivity contribution in [1.29, 1.82) is 0 Å². The quantitative estimate of drug-likeness (QED) is 0.552. The maximum Gasteiger partial charge on any atom is 1.00 e. The van der Waals surface area contributed by atoms with Crippen LogP contribution in [0.4, 0.5) is 11.6 Å². The molecule has 2 aromatic rings. The smallest absolute Gasteiger partial charge is 0.858 e. The van der Waals surface area contributed by atoms with Gasteiger partial charge in [0.15, 0.2) is 0 Å². The normalized spacial score (nSPS) is 9.05. The van der Waals surface area contributed by atoms with Gasteiger partial charge in [-0.3, -0.25) is 0 Å². The third-order valence-corrected chi connectivity index (χ3v) is 2.60. The van der Waals surface area contributed by atoms with Crippen molar-refractivity contribution in [2.45, 2.75) is 0 Å². The Bertz CT molecular complexity index is 596. The average molecular weight is 354 g/mol. The van der Waals surface area contributed by atoms with E-state index in [0.29, 0.717) is 5.69 Å². The molecular formula is C11H6BrN3Na2O3. The first-order chi connectivity index (χ1) is 8.56. The topological polar surface area (TPSA) is 101 Å². The van der Waals surface area contributed by atoms with Gasteiger partial charge in [-0.15, -0.1) is 0 Å². The van der Waals surface area contributed by atoms with Crippen LogP contribution >= 0.6 is 15.9 Å². The summed E-state index contributed by atoms with van der Waals surface area (Å²) in [5.74, 6) is -2.44. The van der Waals surface area contributed by atoms with Gasteiger partial charge in [0.25, 0.3) is 0 Å².